The molecule has 3 atom stereocenters. The zero-order valence-corrected chi connectivity index (χ0v) is 8.93. The molecule has 0 aromatic heterocycles. The van der Waals surface area contributed by atoms with Crippen LogP contribution < -0.4 is 5.73 Å². The third-order valence-electron chi connectivity index (χ3n) is 1.67. The zero-order valence-electron chi connectivity index (χ0n) is 8.12. The summed E-state index contributed by atoms with van der Waals surface area (Å²) < 4.78 is 40.3. The standard InChI is InChI=1S/C7H12F3NO3.ClH/c1-3(5(11)6(12)13)14-4(2)7(8,9)10;/h3-5H,11H2,1-2H3,(H,12,13);1H/t3-,4-,5+;/m1./s1. The normalized spacial score (nSPS) is 17.5. The van der Waals surface area contributed by atoms with Crippen LogP contribution in [-0.2, 0) is 9.53 Å². The number of carboxylic acids is 1. The summed E-state index contributed by atoms with van der Waals surface area (Å²) in [6.07, 6.45) is -7.72. The first-order valence-corrected chi connectivity index (χ1v) is 3.86. The zero-order chi connectivity index (χ0) is 11.5. The van der Waals surface area contributed by atoms with E-state index in [1.807, 2.05) is 0 Å². The largest absolute Gasteiger partial charge is 0.480 e. The molecule has 0 rings (SSSR count). The minimum absolute atomic E-state index is 0. The van der Waals surface area contributed by atoms with E-state index in [2.05, 4.69) is 4.74 Å². The molecule has 4 nitrogen and oxygen atoms in total. The van der Waals surface area contributed by atoms with Crippen LogP contribution in [0.25, 0.3) is 0 Å². The summed E-state index contributed by atoms with van der Waals surface area (Å²) in [5.41, 5.74) is 5.06. The lowest BCUT2D eigenvalue weighted by Crippen LogP contribution is -2.45. The second-order valence-electron chi connectivity index (χ2n) is 2.89. The molecule has 0 aromatic rings. The maximum absolute atomic E-state index is 12.0. The van der Waals surface area contributed by atoms with Crippen molar-refractivity contribution in [3.63, 3.8) is 0 Å². The Morgan fingerprint density at radius 3 is 2.07 bits per heavy atom. The third kappa shape index (κ3) is 5.81. The van der Waals surface area contributed by atoms with E-state index in [-0.39, 0.29) is 12.4 Å². The van der Waals surface area contributed by atoms with E-state index in [9.17, 15) is 18.0 Å². The Morgan fingerprint density at radius 1 is 1.40 bits per heavy atom. The molecular formula is C7H13ClF3NO3. The van der Waals surface area contributed by atoms with Crippen molar-refractivity contribution in [2.75, 3.05) is 0 Å². The Hall–Kier alpha value is -0.530. The molecule has 92 valence electrons. The van der Waals surface area contributed by atoms with Crippen LogP contribution in [0.4, 0.5) is 13.2 Å². The van der Waals surface area contributed by atoms with Gasteiger partial charge in [0, 0.05) is 0 Å². The Bertz CT molecular complexity index is 212. The molecule has 0 saturated heterocycles. The molecule has 3 N–H and O–H groups in total. The van der Waals surface area contributed by atoms with Crippen molar-refractivity contribution < 1.29 is 27.8 Å². The summed E-state index contributed by atoms with van der Waals surface area (Å²) >= 11 is 0. The number of halogens is 4. The number of carboxylic acid groups (broad SMARTS) is 1. The van der Waals surface area contributed by atoms with E-state index >= 15 is 0 Å². The maximum atomic E-state index is 12.0. The van der Waals surface area contributed by atoms with Crippen LogP contribution >= 0.6 is 12.4 Å². The highest BCUT2D eigenvalue weighted by atomic mass is 35.5. The van der Waals surface area contributed by atoms with Crippen LogP contribution in [0.2, 0.25) is 0 Å². The van der Waals surface area contributed by atoms with Gasteiger partial charge in [0.05, 0.1) is 6.10 Å². The van der Waals surface area contributed by atoms with Gasteiger partial charge in [-0.05, 0) is 13.8 Å². The smallest absolute Gasteiger partial charge is 0.414 e. The van der Waals surface area contributed by atoms with Crippen LogP contribution in [0.3, 0.4) is 0 Å². The predicted octanol–water partition coefficient (Wildman–Crippen LogP) is 1.18. The molecule has 0 radical (unpaired) electrons. The summed E-state index contributed by atoms with van der Waals surface area (Å²) in [7, 11) is 0. The molecule has 0 aliphatic heterocycles. The van der Waals surface area contributed by atoms with Gasteiger partial charge in [0.15, 0.2) is 6.10 Å². The predicted molar refractivity (Wildman–Crippen MR) is 48.9 cm³/mol. The van der Waals surface area contributed by atoms with Crippen molar-refractivity contribution in [2.24, 2.45) is 5.73 Å². The molecular weight excluding hydrogens is 239 g/mol. The van der Waals surface area contributed by atoms with Crippen molar-refractivity contribution in [3.05, 3.63) is 0 Å². The van der Waals surface area contributed by atoms with Crippen LogP contribution in [0.5, 0.6) is 0 Å². The van der Waals surface area contributed by atoms with E-state index < -0.39 is 30.4 Å². The Balaban J connectivity index is 0. The summed E-state index contributed by atoms with van der Waals surface area (Å²) in [5, 5.41) is 8.38. The van der Waals surface area contributed by atoms with Crippen LogP contribution in [-0.4, -0.2) is 35.5 Å². The number of aliphatic carboxylic acids is 1. The highest BCUT2D eigenvalue weighted by molar-refractivity contribution is 5.85. The monoisotopic (exact) mass is 251 g/mol. The molecule has 0 aliphatic carbocycles. The van der Waals surface area contributed by atoms with Gasteiger partial charge in [0.25, 0.3) is 0 Å². The molecule has 0 spiro atoms. The highest BCUT2D eigenvalue weighted by Gasteiger charge is 2.39. The quantitative estimate of drug-likeness (QED) is 0.787. The third-order valence-corrected chi connectivity index (χ3v) is 1.67. The van der Waals surface area contributed by atoms with Gasteiger partial charge >= 0.3 is 12.1 Å². The van der Waals surface area contributed by atoms with Gasteiger partial charge in [-0.15, -0.1) is 12.4 Å². The number of hydrogen-bond acceptors (Lipinski definition) is 3. The van der Waals surface area contributed by atoms with Crippen LogP contribution in [0.1, 0.15) is 13.8 Å². The van der Waals surface area contributed by atoms with E-state index in [0.717, 1.165) is 6.92 Å². The van der Waals surface area contributed by atoms with E-state index in [4.69, 9.17) is 10.8 Å². The Morgan fingerprint density at radius 2 is 1.80 bits per heavy atom. The maximum Gasteiger partial charge on any atom is 0.414 e. The minimum atomic E-state index is -4.51. The van der Waals surface area contributed by atoms with Gasteiger partial charge in [-0.1, -0.05) is 0 Å². The first-order chi connectivity index (χ1) is 6.16. The number of rotatable bonds is 4. The Kier molecular flexibility index (Phi) is 6.91. The first kappa shape index (κ1) is 16.9. The fourth-order valence-electron chi connectivity index (χ4n) is 0.685. The van der Waals surface area contributed by atoms with Gasteiger partial charge in [0.2, 0.25) is 0 Å². The molecule has 0 unspecified atom stereocenters. The molecule has 15 heavy (non-hydrogen) atoms. The lowest BCUT2D eigenvalue weighted by Gasteiger charge is -2.23. The average Bonchev–Trinajstić information content (AvgIpc) is 2.00. The number of hydrogen-bond donors (Lipinski definition) is 2. The number of alkyl halides is 3. The second kappa shape index (κ2) is 6.14. The topological polar surface area (TPSA) is 72.5 Å². The SMILES string of the molecule is C[C@@H](O[C@H](C)C(F)(F)F)[C@H](N)C(=O)O.Cl. The highest BCUT2D eigenvalue weighted by Crippen LogP contribution is 2.23. The van der Waals surface area contributed by atoms with Crippen molar-refractivity contribution in [1.82, 2.24) is 0 Å². The van der Waals surface area contributed by atoms with Gasteiger partial charge in [-0.2, -0.15) is 13.2 Å². The fraction of sp³-hybridized carbons (Fsp3) is 0.857. The molecule has 0 fully saturated rings. The van der Waals surface area contributed by atoms with Crippen molar-refractivity contribution in [2.45, 2.75) is 38.3 Å². The average molecular weight is 252 g/mol. The van der Waals surface area contributed by atoms with E-state index in [0.29, 0.717) is 0 Å². The molecule has 0 saturated carbocycles. The van der Waals surface area contributed by atoms with Crippen molar-refractivity contribution >= 4 is 18.4 Å². The summed E-state index contributed by atoms with van der Waals surface area (Å²) in [4.78, 5) is 10.3. The molecule has 8 heteroatoms. The summed E-state index contributed by atoms with van der Waals surface area (Å²) in [6, 6.07) is -1.46. The minimum Gasteiger partial charge on any atom is -0.480 e. The lowest BCUT2D eigenvalue weighted by molar-refractivity contribution is -0.227. The van der Waals surface area contributed by atoms with Crippen LogP contribution in [0.15, 0.2) is 0 Å². The van der Waals surface area contributed by atoms with Crippen molar-refractivity contribution in [3.8, 4) is 0 Å². The first-order valence-electron chi connectivity index (χ1n) is 3.86. The fourth-order valence-corrected chi connectivity index (χ4v) is 0.685. The van der Waals surface area contributed by atoms with Crippen molar-refractivity contribution in [1.29, 1.82) is 0 Å². The Labute approximate surface area is 91.0 Å². The number of nitrogens with two attached hydrogens (primary N) is 1. The molecule has 0 bridgehead atoms. The van der Waals surface area contributed by atoms with E-state index in [1.54, 1.807) is 0 Å². The van der Waals surface area contributed by atoms with Gasteiger partial charge in [-0.25, -0.2) is 0 Å². The molecule has 0 amide bonds. The van der Waals surface area contributed by atoms with Gasteiger partial charge < -0.3 is 15.6 Å². The number of ether oxygens (including phenoxy) is 1. The lowest BCUT2D eigenvalue weighted by atomic mass is 10.2. The molecule has 0 aliphatic rings. The summed E-state index contributed by atoms with van der Waals surface area (Å²) in [6.45, 7) is 1.98. The molecule has 0 aromatic carbocycles. The van der Waals surface area contributed by atoms with E-state index in [1.165, 1.54) is 6.92 Å². The number of carbonyl (C=O) groups is 1. The second-order valence-corrected chi connectivity index (χ2v) is 2.89. The van der Waals surface area contributed by atoms with Gasteiger partial charge in [-0.3, -0.25) is 4.79 Å². The molecule has 0 heterocycles. The summed E-state index contributed by atoms with van der Waals surface area (Å²) in [5.74, 6) is -1.40. The van der Waals surface area contributed by atoms with Crippen LogP contribution in [0, 0.1) is 0 Å². The van der Waals surface area contributed by atoms with Gasteiger partial charge in [0.1, 0.15) is 6.04 Å².